The van der Waals surface area contributed by atoms with E-state index in [9.17, 15) is 9.59 Å². The zero-order valence-corrected chi connectivity index (χ0v) is 15.5. The smallest absolute Gasteiger partial charge is 0.261 e. The Kier molecular flexibility index (Phi) is 5.04. The summed E-state index contributed by atoms with van der Waals surface area (Å²) < 4.78 is 5.92. The molecule has 2 aromatic rings. The van der Waals surface area contributed by atoms with Crippen molar-refractivity contribution >= 4 is 23.2 Å². The number of benzene rings is 1. The van der Waals surface area contributed by atoms with Crippen LogP contribution in [0.15, 0.2) is 35.7 Å². The lowest BCUT2D eigenvalue weighted by Gasteiger charge is -2.26. The highest BCUT2D eigenvalue weighted by molar-refractivity contribution is 7.12. The molecule has 0 unspecified atom stereocenters. The summed E-state index contributed by atoms with van der Waals surface area (Å²) in [6, 6.07) is 9.07. The predicted octanol–water partition coefficient (Wildman–Crippen LogP) is 3.41. The molecule has 1 saturated heterocycles. The number of hydrogen-bond donors (Lipinski definition) is 0. The normalized spacial score (nSPS) is 17.6. The molecule has 2 aliphatic rings. The van der Waals surface area contributed by atoms with Crippen LogP contribution in [0.5, 0.6) is 5.06 Å². The van der Waals surface area contributed by atoms with Crippen LogP contribution in [-0.2, 0) is 6.54 Å². The van der Waals surface area contributed by atoms with E-state index in [0.29, 0.717) is 17.7 Å². The van der Waals surface area contributed by atoms with Crippen LogP contribution in [0, 0.1) is 0 Å². The van der Waals surface area contributed by atoms with Gasteiger partial charge in [0.1, 0.15) is 6.61 Å². The van der Waals surface area contributed by atoms with Crippen LogP contribution < -0.4 is 4.74 Å². The lowest BCUT2D eigenvalue weighted by Crippen LogP contribution is -2.33. The summed E-state index contributed by atoms with van der Waals surface area (Å²) >= 11 is 1.57. The molecule has 1 fully saturated rings. The van der Waals surface area contributed by atoms with E-state index in [4.69, 9.17) is 4.74 Å². The highest BCUT2D eigenvalue weighted by Crippen LogP contribution is 2.29. The first-order valence-electron chi connectivity index (χ1n) is 9.11. The number of carbonyl (C=O) groups is 2. The van der Waals surface area contributed by atoms with Crippen LogP contribution in [0.1, 0.15) is 45.5 Å². The van der Waals surface area contributed by atoms with Gasteiger partial charge in [0.2, 0.25) is 0 Å². The predicted molar refractivity (Wildman–Crippen MR) is 101 cm³/mol. The van der Waals surface area contributed by atoms with Gasteiger partial charge < -0.3 is 4.74 Å². The number of rotatable bonds is 6. The van der Waals surface area contributed by atoms with Gasteiger partial charge in [0, 0.05) is 12.1 Å². The Hall–Kier alpha value is -2.18. The van der Waals surface area contributed by atoms with Crippen molar-refractivity contribution in [1.82, 2.24) is 9.80 Å². The maximum atomic E-state index is 12.4. The molecule has 0 N–H and O–H groups in total. The summed E-state index contributed by atoms with van der Waals surface area (Å²) in [4.78, 5) is 28.5. The summed E-state index contributed by atoms with van der Waals surface area (Å²) in [5.41, 5.74) is 2.16. The third-order valence-corrected chi connectivity index (χ3v) is 5.84. The molecule has 0 spiro atoms. The topological polar surface area (TPSA) is 49.9 Å². The maximum Gasteiger partial charge on any atom is 0.261 e. The number of imide groups is 1. The lowest BCUT2D eigenvalue weighted by molar-refractivity contribution is 0.0632. The zero-order valence-electron chi connectivity index (χ0n) is 14.6. The highest BCUT2D eigenvalue weighted by Gasteiger charge is 2.34. The molecule has 0 bridgehead atoms. The van der Waals surface area contributed by atoms with Gasteiger partial charge in [-0.05, 0) is 49.5 Å². The van der Waals surface area contributed by atoms with Gasteiger partial charge in [0.15, 0.2) is 5.06 Å². The van der Waals surface area contributed by atoms with E-state index in [-0.39, 0.29) is 18.4 Å². The first-order chi connectivity index (χ1) is 12.7. The van der Waals surface area contributed by atoms with Gasteiger partial charge in [-0.3, -0.25) is 19.4 Å². The SMILES string of the molecule is O=C1c2ccccc2C(=O)N1CCOc1sccc1CN1CCCCC1. The number of hydrogen-bond acceptors (Lipinski definition) is 5. The number of piperidine rings is 1. The Bertz CT molecular complexity index is 776. The lowest BCUT2D eigenvalue weighted by atomic mass is 10.1. The zero-order chi connectivity index (χ0) is 17.9. The molecule has 0 aliphatic carbocycles. The summed E-state index contributed by atoms with van der Waals surface area (Å²) in [6.45, 7) is 3.78. The average Bonchev–Trinajstić information content (AvgIpc) is 3.21. The minimum absolute atomic E-state index is 0.228. The minimum Gasteiger partial charge on any atom is -0.482 e. The minimum atomic E-state index is -0.228. The Morgan fingerprint density at radius 3 is 2.35 bits per heavy atom. The maximum absolute atomic E-state index is 12.4. The number of thiophene rings is 1. The quantitative estimate of drug-likeness (QED) is 0.731. The van der Waals surface area contributed by atoms with Crippen molar-refractivity contribution in [3.8, 4) is 5.06 Å². The number of nitrogens with zero attached hydrogens (tertiary/aromatic N) is 2. The van der Waals surface area contributed by atoms with Gasteiger partial charge in [0.25, 0.3) is 11.8 Å². The van der Waals surface area contributed by atoms with E-state index in [1.807, 2.05) is 5.38 Å². The molecule has 2 aliphatic heterocycles. The van der Waals surface area contributed by atoms with E-state index in [2.05, 4.69) is 11.0 Å². The van der Waals surface area contributed by atoms with E-state index in [1.54, 1.807) is 35.6 Å². The molecule has 136 valence electrons. The van der Waals surface area contributed by atoms with Crippen molar-refractivity contribution in [3.63, 3.8) is 0 Å². The van der Waals surface area contributed by atoms with Crippen molar-refractivity contribution < 1.29 is 14.3 Å². The van der Waals surface area contributed by atoms with Gasteiger partial charge in [-0.25, -0.2) is 0 Å². The first kappa shape index (κ1) is 17.2. The summed E-state index contributed by atoms with van der Waals surface area (Å²) in [5, 5.41) is 2.93. The Morgan fingerprint density at radius 1 is 0.962 bits per heavy atom. The highest BCUT2D eigenvalue weighted by atomic mass is 32.1. The fourth-order valence-corrected chi connectivity index (χ4v) is 4.39. The van der Waals surface area contributed by atoms with Gasteiger partial charge in [0.05, 0.1) is 17.7 Å². The number of ether oxygens (including phenoxy) is 1. The van der Waals surface area contributed by atoms with Gasteiger partial charge in [-0.15, -0.1) is 11.3 Å². The molecule has 26 heavy (non-hydrogen) atoms. The third-order valence-electron chi connectivity index (χ3n) is 4.98. The van der Waals surface area contributed by atoms with E-state index >= 15 is 0 Å². The van der Waals surface area contributed by atoms with Crippen molar-refractivity contribution in [2.75, 3.05) is 26.2 Å². The van der Waals surface area contributed by atoms with Crippen molar-refractivity contribution in [1.29, 1.82) is 0 Å². The van der Waals surface area contributed by atoms with Crippen molar-refractivity contribution in [2.45, 2.75) is 25.8 Å². The fourth-order valence-electron chi connectivity index (χ4n) is 3.60. The van der Waals surface area contributed by atoms with E-state index in [0.717, 1.165) is 24.7 Å². The monoisotopic (exact) mass is 370 g/mol. The molecule has 5 nitrogen and oxygen atoms in total. The number of amides is 2. The molecule has 3 heterocycles. The molecule has 0 saturated carbocycles. The Morgan fingerprint density at radius 2 is 1.65 bits per heavy atom. The Labute approximate surface area is 157 Å². The van der Waals surface area contributed by atoms with Crippen LogP contribution in [0.2, 0.25) is 0 Å². The van der Waals surface area contributed by atoms with Gasteiger partial charge in [-0.1, -0.05) is 18.6 Å². The summed E-state index contributed by atoms with van der Waals surface area (Å²) in [5.74, 6) is -0.456. The van der Waals surface area contributed by atoms with E-state index < -0.39 is 0 Å². The van der Waals surface area contributed by atoms with Gasteiger partial charge >= 0.3 is 0 Å². The molecule has 1 aromatic carbocycles. The molecule has 0 radical (unpaired) electrons. The summed E-state index contributed by atoms with van der Waals surface area (Å²) in [6.07, 6.45) is 3.85. The average molecular weight is 370 g/mol. The number of likely N-dealkylation sites (tertiary alicyclic amines) is 1. The van der Waals surface area contributed by atoms with Crippen LogP contribution in [0.4, 0.5) is 0 Å². The molecule has 4 rings (SSSR count). The standard InChI is InChI=1S/C20H22N2O3S/c23-18-16-6-2-3-7-17(16)19(24)22(18)11-12-25-20-15(8-13-26-20)14-21-9-4-1-5-10-21/h2-3,6-8,13H,1,4-5,9-12,14H2. The first-order valence-corrected chi connectivity index (χ1v) is 9.99. The molecule has 6 heteroatoms. The molecule has 0 atom stereocenters. The van der Waals surface area contributed by atoms with E-state index in [1.165, 1.54) is 29.7 Å². The second-order valence-corrected chi connectivity index (χ2v) is 7.60. The molecular weight excluding hydrogens is 348 g/mol. The number of fused-ring (bicyclic) bond motifs is 1. The summed E-state index contributed by atoms with van der Waals surface area (Å²) in [7, 11) is 0. The fraction of sp³-hybridized carbons (Fsp3) is 0.400. The number of carbonyl (C=O) groups excluding carboxylic acids is 2. The second kappa shape index (κ2) is 7.60. The van der Waals surface area contributed by atoms with Crippen molar-refractivity contribution in [3.05, 3.63) is 52.4 Å². The van der Waals surface area contributed by atoms with Crippen molar-refractivity contribution in [2.24, 2.45) is 0 Å². The molecule has 2 amide bonds. The van der Waals surface area contributed by atoms with Crippen LogP contribution >= 0.6 is 11.3 Å². The van der Waals surface area contributed by atoms with Gasteiger partial charge in [-0.2, -0.15) is 0 Å². The second-order valence-electron chi connectivity index (χ2n) is 6.73. The van der Waals surface area contributed by atoms with Crippen LogP contribution in [0.3, 0.4) is 0 Å². The third kappa shape index (κ3) is 3.39. The molecule has 1 aromatic heterocycles. The largest absolute Gasteiger partial charge is 0.482 e. The Balaban J connectivity index is 1.34. The van der Waals surface area contributed by atoms with Crippen LogP contribution in [0.25, 0.3) is 0 Å². The molecular formula is C20H22N2O3S. The van der Waals surface area contributed by atoms with Crippen LogP contribution in [-0.4, -0.2) is 47.9 Å².